The Labute approximate surface area is 312 Å². The zero-order valence-corrected chi connectivity index (χ0v) is 29.4. The third-order valence-corrected chi connectivity index (χ3v) is 10.0. The Bertz CT molecular complexity index is 2620. The first kappa shape index (κ1) is 32.7. The van der Waals surface area contributed by atoms with Crippen LogP contribution in [0.5, 0.6) is 0 Å². The molecule has 0 fully saturated rings. The van der Waals surface area contributed by atoms with Crippen LogP contribution in [0.25, 0.3) is 33.5 Å². The molecule has 0 atom stereocenters. The molecule has 0 aliphatic carbocycles. The summed E-state index contributed by atoms with van der Waals surface area (Å²) < 4.78 is 3.76. The molecule has 0 amide bonds. The highest BCUT2D eigenvalue weighted by Gasteiger charge is 2.41. The molecule has 9 aromatic rings. The van der Waals surface area contributed by atoms with E-state index >= 15 is 0 Å². The standard InChI is InChI=1S/C46H35N7O/c54-45-42-26-15-31-47-44(42)51(52(45)33-34-16-5-1-6-17-34)32-35-27-29-36(30-28-35)40-24-13-14-25-41(40)43-48-50-53(49-43)46(37-18-7-2-8-19-37,38-20-9-3-10-21-38)39-22-11-4-12-23-39/h1-31H,32-33H2. The number of benzene rings is 6. The minimum atomic E-state index is -0.871. The van der Waals surface area contributed by atoms with E-state index in [1.165, 1.54) is 0 Å². The minimum absolute atomic E-state index is 0.0520. The Morgan fingerprint density at radius 2 is 1.02 bits per heavy atom. The van der Waals surface area contributed by atoms with E-state index in [0.29, 0.717) is 29.9 Å². The zero-order valence-electron chi connectivity index (χ0n) is 29.4. The zero-order chi connectivity index (χ0) is 36.3. The van der Waals surface area contributed by atoms with Gasteiger partial charge in [0.15, 0.2) is 11.2 Å². The summed E-state index contributed by atoms with van der Waals surface area (Å²) in [4.78, 5) is 19.9. The molecule has 8 nitrogen and oxygen atoms in total. The lowest BCUT2D eigenvalue weighted by molar-refractivity contribution is 0.396. The van der Waals surface area contributed by atoms with Gasteiger partial charge in [-0.25, -0.2) is 9.67 Å². The smallest absolute Gasteiger partial charge is 0.267 e. The van der Waals surface area contributed by atoms with Crippen molar-refractivity contribution in [1.82, 2.24) is 34.6 Å². The normalized spacial score (nSPS) is 11.6. The van der Waals surface area contributed by atoms with E-state index < -0.39 is 5.54 Å². The maximum absolute atomic E-state index is 13.5. The Morgan fingerprint density at radius 3 is 1.63 bits per heavy atom. The average Bonchev–Trinajstić information content (AvgIpc) is 3.83. The Morgan fingerprint density at radius 1 is 0.500 bits per heavy atom. The van der Waals surface area contributed by atoms with Gasteiger partial charge in [0.25, 0.3) is 5.56 Å². The van der Waals surface area contributed by atoms with E-state index in [1.807, 2.05) is 120 Å². The summed E-state index contributed by atoms with van der Waals surface area (Å²) in [6.45, 7) is 0.941. The third-order valence-electron chi connectivity index (χ3n) is 10.0. The van der Waals surface area contributed by atoms with Crippen LogP contribution in [0.15, 0.2) is 193 Å². The molecule has 0 saturated carbocycles. The fourth-order valence-corrected chi connectivity index (χ4v) is 7.45. The lowest BCUT2D eigenvalue weighted by Gasteiger charge is -2.34. The first-order chi connectivity index (χ1) is 26.7. The molecule has 6 aromatic carbocycles. The molecule has 3 aromatic heterocycles. The van der Waals surface area contributed by atoms with Crippen molar-refractivity contribution in [2.45, 2.75) is 18.6 Å². The van der Waals surface area contributed by atoms with Crippen LogP contribution in [0.1, 0.15) is 27.8 Å². The van der Waals surface area contributed by atoms with Crippen LogP contribution in [0.3, 0.4) is 0 Å². The molecular formula is C46H35N7O. The molecule has 0 aliphatic heterocycles. The molecule has 0 bridgehead atoms. The molecule has 9 rings (SSSR count). The summed E-state index contributed by atoms with van der Waals surface area (Å²) in [5, 5.41) is 15.3. The van der Waals surface area contributed by atoms with Crippen molar-refractivity contribution < 1.29 is 0 Å². The van der Waals surface area contributed by atoms with E-state index in [4.69, 9.17) is 15.4 Å². The molecule has 3 heterocycles. The average molecular weight is 702 g/mol. The minimum Gasteiger partial charge on any atom is -0.267 e. The molecule has 8 heteroatoms. The summed E-state index contributed by atoms with van der Waals surface area (Å²) in [7, 11) is 0. The molecule has 0 N–H and O–H groups in total. The molecule has 0 spiro atoms. The van der Waals surface area contributed by atoms with Crippen molar-refractivity contribution in [3.8, 4) is 22.5 Å². The van der Waals surface area contributed by atoms with Gasteiger partial charge >= 0.3 is 0 Å². The van der Waals surface area contributed by atoms with Crippen LogP contribution in [0.4, 0.5) is 0 Å². The van der Waals surface area contributed by atoms with Crippen LogP contribution in [0.2, 0.25) is 0 Å². The maximum atomic E-state index is 13.5. The van der Waals surface area contributed by atoms with Crippen LogP contribution < -0.4 is 5.56 Å². The second-order valence-corrected chi connectivity index (χ2v) is 13.2. The van der Waals surface area contributed by atoms with Gasteiger partial charge in [0, 0.05) is 11.8 Å². The fraction of sp³-hybridized carbons (Fsp3) is 0.0652. The van der Waals surface area contributed by atoms with E-state index in [1.54, 1.807) is 15.7 Å². The van der Waals surface area contributed by atoms with Crippen molar-refractivity contribution >= 4 is 11.0 Å². The first-order valence-corrected chi connectivity index (χ1v) is 17.9. The lowest BCUT2D eigenvalue weighted by atomic mass is 9.77. The molecule has 260 valence electrons. The summed E-state index contributed by atoms with van der Waals surface area (Å²) in [6, 6.07) is 61.3. The number of hydrogen-bond acceptors (Lipinski definition) is 5. The van der Waals surface area contributed by atoms with Gasteiger partial charge in [0.05, 0.1) is 18.5 Å². The maximum Gasteiger partial charge on any atom is 0.276 e. The van der Waals surface area contributed by atoms with Crippen molar-refractivity contribution in [3.05, 3.63) is 226 Å². The summed E-state index contributed by atoms with van der Waals surface area (Å²) in [6.07, 6.45) is 1.74. The first-order valence-electron chi connectivity index (χ1n) is 17.9. The van der Waals surface area contributed by atoms with Crippen LogP contribution in [-0.4, -0.2) is 34.6 Å². The second-order valence-electron chi connectivity index (χ2n) is 13.2. The van der Waals surface area contributed by atoms with Crippen molar-refractivity contribution in [3.63, 3.8) is 0 Å². The van der Waals surface area contributed by atoms with Gasteiger partial charge in [-0.1, -0.05) is 170 Å². The summed E-state index contributed by atoms with van der Waals surface area (Å²) in [5.74, 6) is 0.525. The third kappa shape index (κ3) is 5.80. The van der Waals surface area contributed by atoms with Crippen LogP contribution >= 0.6 is 0 Å². The molecular weight excluding hydrogens is 667 g/mol. The van der Waals surface area contributed by atoms with Crippen molar-refractivity contribution in [1.29, 1.82) is 0 Å². The van der Waals surface area contributed by atoms with Gasteiger partial charge in [-0.2, -0.15) is 0 Å². The predicted octanol–water partition coefficient (Wildman–Crippen LogP) is 8.46. The number of pyridine rings is 1. The monoisotopic (exact) mass is 701 g/mol. The fourth-order valence-electron chi connectivity index (χ4n) is 7.45. The highest BCUT2D eigenvalue weighted by molar-refractivity contribution is 5.80. The number of rotatable bonds is 10. The molecule has 0 aliphatic rings. The quantitative estimate of drug-likeness (QED) is 0.134. The molecule has 0 unspecified atom stereocenters. The highest BCUT2D eigenvalue weighted by atomic mass is 16.1. The lowest BCUT2D eigenvalue weighted by Crippen LogP contribution is -2.39. The van der Waals surface area contributed by atoms with Crippen molar-refractivity contribution in [2.24, 2.45) is 0 Å². The van der Waals surface area contributed by atoms with Gasteiger partial charge in [0.1, 0.15) is 0 Å². The number of tetrazole rings is 1. The largest absolute Gasteiger partial charge is 0.276 e. The topological polar surface area (TPSA) is 83.4 Å². The van der Waals surface area contributed by atoms with Gasteiger partial charge in [-0.15, -0.1) is 15.0 Å². The molecule has 0 saturated heterocycles. The van der Waals surface area contributed by atoms with E-state index in [0.717, 1.165) is 44.5 Å². The number of nitrogens with zero attached hydrogens (tertiary/aromatic N) is 7. The number of hydrogen-bond donors (Lipinski definition) is 0. The highest BCUT2D eigenvalue weighted by Crippen LogP contribution is 2.40. The van der Waals surface area contributed by atoms with Gasteiger partial charge in [0.2, 0.25) is 5.82 Å². The Balaban J connectivity index is 1.09. The van der Waals surface area contributed by atoms with E-state index in [9.17, 15) is 4.79 Å². The van der Waals surface area contributed by atoms with Gasteiger partial charge < -0.3 is 0 Å². The summed E-state index contributed by atoms with van der Waals surface area (Å²) >= 11 is 0. The van der Waals surface area contributed by atoms with Gasteiger partial charge in [-0.3, -0.25) is 9.48 Å². The Hall–Kier alpha value is -7.19. The molecule has 54 heavy (non-hydrogen) atoms. The van der Waals surface area contributed by atoms with Crippen molar-refractivity contribution in [2.75, 3.05) is 0 Å². The second kappa shape index (κ2) is 14.1. The number of aromatic nitrogens is 7. The predicted molar refractivity (Wildman–Crippen MR) is 212 cm³/mol. The number of fused-ring (bicyclic) bond motifs is 1. The van der Waals surface area contributed by atoms with E-state index in [-0.39, 0.29) is 5.56 Å². The SMILES string of the molecule is O=c1c2cccnc2n(Cc2ccc(-c3ccccc3-c3nnn(C(c4ccccc4)(c4ccccc4)c4ccccc4)n3)cc2)n1Cc1ccccc1. The van der Waals surface area contributed by atoms with Crippen LogP contribution in [-0.2, 0) is 18.6 Å². The Kier molecular flexibility index (Phi) is 8.53. The van der Waals surface area contributed by atoms with E-state index in [2.05, 4.69) is 71.7 Å². The van der Waals surface area contributed by atoms with Crippen LogP contribution in [0, 0.1) is 0 Å². The molecule has 0 radical (unpaired) electrons. The summed E-state index contributed by atoms with van der Waals surface area (Å²) in [5.41, 5.74) is 7.79. The van der Waals surface area contributed by atoms with Gasteiger partial charge in [-0.05, 0) is 56.3 Å².